The number of anilines is 1. The third-order valence-corrected chi connectivity index (χ3v) is 5.24. The molecule has 4 amide bonds. The van der Waals surface area contributed by atoms with E-state index in [1.165, 1.54) is 11.3 Å². The number of hydrogen-bond donors (Lipinski definition) is 2. The second kappa shape index (κ2) is 7.31. The molecule has 2 aromatic rings. The minimum Gasteiger partial charge on any atom is -0.497 e. The summed E-state index contributed by atoms with van der Waals surface area (Å²) in [6, 6.07) is 6.19. The lowest BCUT2D eigenvalue weighted by atomic mass is 9.92. The number of amides is 4. The number of hydrogen-bond acceptors (Lipinski definition) is 7. The molecule has 10 heteroatoms. The molecule has 1 atom stereocenters. The summed E-state index contributed by atoms with van der Waals surface area (Å²) >= 11 is 1.25. The normalized spacial score (nSPS) is 19.1. The Morgan fingerprint density at radius 2 is 2.00 bits per heavy atom. The number of ether oxygens (including phenoxy) is 1. The Balaban J connectivity index is 1.72. The fourth-order valence-electron chi connectivity index (χ4n) is 2.71. The van der Waals surface area contributed by atoms with Gasteiger partial charge in [-0.25, -0.2) is 4.79 Å². The van der Waals surface area contributed by atoms with Crippen LogP contribution in [0.2, 0.25) is 0 Å². The highest BCUT2D eigenvalue weighted by Crippen LogP contribution is 2.30. The van der Waals surface area contributed by atoms with Crippen molar-refractivity contribution in [3.63, 3.8) is 0 Å². The van der Waals surface area contributed by atoms with Crippen LogP contribution in [0.5, 0.6) is 5.75 Å². The number of benzene rings is 1. The maximum atomic E-state index is 12.8. The van der Waals surface area contributed by atoms with Gasteiger partial charge in [0.2, 0.25) is 11.0 Å². The number of aryl methyl sites for hydroxylation is 1. The highest BCUT2D eigenvalue weighted by atomic mass is 32.1. The van der Waals surface area contributed by atoms with Crippen molar-refractivity contribution in [2.24, 2.45) is 0 Å². The number of imide groups is 1. The zero-order valence-electron chi connectivity index (χ0n) is 15.1. The summed E-state index contributed by atoms with van der Waals surface area (Å²) in [6.07, 6.45) is 0.709. The molecule has 1 aliphatic heterocycles. The van der Waals surface area contributed by atoms with Gasteiger partial charge >= 0.3 is 6.03 Å². The summed E-state index contributed by atoms with van der Waals surface area (Å²) in [5, 5.41) is 14.1. The van der Waals surface area contributed by atoms with Crippen LogP contribution in [-0.2, 0) is 21.5 Å². The predicted molar refractivity (Wildman–Crippen MR) is 98.5 cm³/mol. The van der Waals surface area contributed by atoms with Crippen LogP contribution in [0, 0.1) is 0 Å². The molecule has 9 nitrogen and oxygen atoms in total. The maximum absolute atomic E-state index is 12.8. The number of urea groups is 1. The van der Waals surface area contributed by atoms with Gasteiger partial charge in [-0.1, -0.05) is 30.4 Å². The molecule has 0 spiro atoms. The van der Waals surface area contributed by atoms with Crippen LogP contribution in [-0.4, -0.2) is 46.6 Å². The smallest absolute Gasteiger partial charge is 0.325 e. The fourth-order valence-corrected chi connectivity index (χ4v) is 3.41. The van der Waals surface area contributed by atoms with Crippen molar-refractivity contribution in [3.05, 3.63) is 34.8 Å². The van der Waals surface area contributed by atoms with E-state index in [-0.39, 0.29) is 0 Å². The van der Waals surface area contributed by atoms with Gasteiger partial charge in [0.1, 0.15) is 22.8 Å². The minimum absolute atomic E-state index is 0.335. The lowest BCUT2D eigenvalue weighted by Crippen LogP contribution is -2.42. The summed E-state index contributed by atoms with van der Waals surface area (Å²) in [5.74, 6) is -0.380. The van der Waals surface area contributed by atoms with E-state index in [2.05, 4.69) is 20.8 Å². The molecule has 1 fully saturated rings. The molecule has 0 saturated carbocycles. The van der Waals surface area contributed by atoms with Gasteiger partial charge in [0.05, 0.1) is 7.11 Å². The van der Waals surface area contributed by atoms with E-state index in [9.17, 15) is 14.4 Å². The van der Waals surface area contributed by atoms with Crippen molar-refractivity contribution < 1.29 is 19.1 Å². The van der Waals surface area contributed by atoms with Crippen molar-refractivity contribution >= 4 is 34.3 Å². The van der Waals surface area contributed by atoms with Crippen molar-refractivity contribution in [2.75, 3.05) is 19.0 Å². The van der Waals surface area contributed by atoms with Crippen molar-refractivity contribution in [1.82, 2.24) is 20.4 Å². The van der Waals surface area contributed by atoms with Gasteiger partial charge in [-0.3, -0.25) is 19.8 Å². The lowest BCUT2D eigenvalue weighted by Gasteiger charge is -2.22. The minimum atomic E-state index is -1.25. The molecule has 0 radical (unpaired) electrons. The molecule has 1 aromatic heterocycles. The Morgan fingerprint density at radius 3 is 2.59 bits per heavy atom. The van der Waals surface area contributed by atoms with Crippen LogP contribution in [0.15, 0.2) is 24.3 Å². The molecule has 0 bridgehead atoms. The summed E-state index contributed by atoms with van der Waals surface area (Å²) in [5.41, 5.74) is -0.650. The van der Waals surface area contributed by atoms with Gasteiger partial charge in [0.25, 0.3) is 5.91 Å². The number of carbonyl (C=O) groups excluding carboxylic acids is 3. The van der Waals surface area contributed by atoms with E-state index in [0.717, 1.165) is 9.91 Å². The van der Waals surface area contributed by atoms with Gasteiger partial charge in [0, 0.05) is 0 Å². The first-order valence-corrected chi connectivity index (χ1v) is 9.10. The highest BCUT2D eigenvalue weighted by molar-refractivity contribution is 7.15. The van der Waals surface area contributed by atoms with E-state index in [4.69, 9.17) is 4.74 Å². The van der Waals surface area contributed by atoms with Gasteiger partial charge in [-0.15, -0.1) is 10.2 Å². The first-order chi connectivity index (χ1) is 12.9. The molecular formula is C17H19N5O4S. The van der Waals surface area contributed by atoms with Crippen molar-refractivity contribution in [1.29, 1.82) is 0 Å². The van der Waals surface area contributed by atoms with Crippen molar-refractivity contribution in [2.45, 2.75) is 25.8 Å². The number of aromatic nitrogens is 2. The SMILES string of the molecule is CCc1nnc(NC(=O)CN2C(=O)N[C@](C)(c3ccc(OC)cc3)C2=O)s1. The van der Waals surface area contributed by atoms with Crippen LogP contribution in [0.3, 0.4) is 0 Å². The largest absolute Gasteiger partial charge is 0.497 e. The third-order valence-electron chi connectivity index (χ3n) is 4.26. The number of nitrogens with one attached hydrogen (secondary N) is 2. The highest BCUT2D eigenvalue weighted by Gasteiger charge is 2.49. The molecule has 2 N–H and O–H groups in total. The van der Waals surface area contributed by atoms with Gasteiger partial charge in [-0.2, -0.15) is 0 Å². The summed E-state index contributed by atoms with van der Waals surface area (Å²) in [6.45, 7) is 3.13. The van der Waals surface area contributed by atoms with Crippen LogP contribution >= 0.6 is 11.3 Å². The second-order valence-corrected chi connectivity index (χ2v) is 7.14. The van der Waals surface area contributed by atoms with Gasteiger partial charge in [0.15, 0.2) is 0 Å². The molecule has 0 aliphatic carbocycles. The van der Waals surface area contributed by atoms with E-state index in [1.54, 1.807) is 38.3 Å². The number of carbonyl (C=O) groups is 3. The van der Waals surface area contributed by atoms with Crippen molar-refractivity contribution in [3.8, 4) is 5.75 Å². The summed E-state index contributed by atoms with van der Waals surface area (Å²) < 4.78 is 5.11. The van der Waals surface area contributed by atoms with Crippen LogP contribution in [0.4, 0.5) is 9.93 Å². The Morgan fingerprint density at radius 1 is 1.30 bits per heavy atom. The van der Waals surface area contributed by atoms with Crippen LogP contribution in [0.1, 0.15) is 24.4 Å². The first kappa shape index (κ1) is 18.8. The topological polar surface area (TPSA) is 114 Å². The van der Waals surface area contributed by atoms with E-state index >= 15 is 0 Å². The zero-order chi connectivity index (χ0) is 19.6. The molecule has 1 aliphatic rings. The average molecular weight is 389 g/mol. The second-order valence-electron chi connectivity index (χ2n) is 6.08. The Labute approximate surface area is 159 Å². The fraction of sp³-hybridized carbons (Fsp3) is 0.353. The average Bonchev–Trinajstić information content (AvgIpc) is 3.20. The molecule has 2 heterocycles. The number of rotatable bonds is 6. The van der Waals surface area contributed by atoms with Gasteiger partial charge < -0.3 is 10.1 Å². The quantitative estimate of drug-likeness (QED) is 0.724. The maximum Gasteiger partial charge on any atom is 0.325 e. The zero-order valence-corrected chi connectivity index (χ0v) is 15.9. The van der Waals surface area contributed by atoms with Crippen LogP contribution < -0.4 is 15.4 Å². The molecule has 27 heavy (non-hydrogen) atoms. The van der Waals surface area contributed by atoms with Gasteiger partial charge in [-0.05, 0) is 31.0 Å². The lowest BCUT2D eigenvalue weighted by molar-refractivity contribution is -0.133. The van der Waals surface area contributed by atoms with E-state index in [1.807, 2.05) is 6.92 Å². The van der Waals surface area contributed by atoms with E-state index < -0.39 is 29.9 Å². The summed E-state index contributed by atoms with van der Waals surface area (Å²) in [4.78, 5) is 38.3. The Kier molecular flexibility index (Phi) is 5.08. The third kappa shape index (κ3) is 3.61. The first-order valence-electron chi connectivity index (χ1n) is 8.28. The Bertz CT molecular complexity index is 882. The number of nitrogens with zero attached hydrogens (tertiary/aromatic N) is 3. The van der Waals surface area contributed by atoms with Crippen LogP contribution in [0.25, 0.3) is 0 Å². The molecule has 142 valence electrons. The molecule has 1 saturated heterocycles. The standard InChI is InChI=1S/C17H19N5O4S/c1-4-13-20-21-15(27-13)18-12(23)9-22-14(24)17(2,19-16(22)25)10-5-7-11(26-3)8-6-10/h5-8H,4,9H2,1-3H3,(H,19,25)(H,18,21,23)/t17-/m1/s1. The van der Waals surface area contributed by atoms with E-state index in [0.29, 0.717) is 22.9 Å². The Hall–Kier alpha value is -3.01. The molecular weight excluding hydrogens is 370 g/mol. The molecule has 3 rings (SSSR count). The predicted octanol–water partition coefficient (Wildman–Crippen LogP) is 1.51. The molecule has 0 unspecified atom stereocenters. The monoisotopic (exact) mass is 389 g/mol. The number of methoxy groups -OCH3 is 1. The molecule has 1 aromatic carbocycles. The summed E-state index contributed by atoms with van der Waals surface area (Å²) in [7, 11) is 1.54.